The van der Waals surface area contributed by atoms with E-state index in [9.17, 15) is 19.1 Å². The van der Waals surface area contributed by atoms with Gasteiger partial charge in [-0.3, -0.25) is 15.3 Å². The fraction of sp³-hybridized carbons (Fsp3) is 0.200. The second kappa shape index (κ2) is 11.2. The second-order valence-electron chi connectivity index (χ2n) is 5.93. The molecule has 0 aliphatic rings. The zero-order chi connectivity index (χ0) is 22.1. The zero-order valence-corrected chi connectivity index (χ0v) is 17.0. The van der Waals surface area contributed by atoms with Crippen LogP contribution in [0.5, 0.6) is 5.75 Å². The van der Waals surface area contributed by atoms with Crippen LogP contribution in [0.15, 0.2) is 59.5 Å². The Hall–Kier alpha value is -3.08. The average Bonchev–Trinajstić information content (AvgIpc) is 2.75. The lowest BCUT2D eigenvalue weighted by molar-refractivity contribution is -0.124. The van der Waals surface area contributed by atoms with E-state index in [2.05, 4.69) is 5.32 Å². The number of carbonyl (C=O) groups is 2. The molecule has 0 bridgehead atoms. The van der Waals surface area contributed by atoms with E-state index in [4.69, 9.17) is 14.7 Å². The van der Waals surface area contributed by atoms with Crippen LogP contribution in [0, 0.1) is 5.82 Å². The van der Waals surface area contributed by atoms with Gasteiger partial charge in [0, 0.05) is 23.8 Å². The van der Waals surface area contributed by atoms with Gasteiger partial charge in [-0.25, -0.2) is 14.7 Å². The molecular formula is C20H21FN2O6S. The number of halogens is 1. The molecule has 2 amide bonds. The zero-order valence-electron chi connectivity index (χ0n) is 16.2. The molecule has 2 aromatic carbocycles. The predicted octanol–water partition coefficient (Wildman–Crippen LogP) is 3.62. The smallest absolute Gasteiger partial charge is 0.412 e. The van der Waals surface area contributed by atoms with E-state index >= 15 is 0 Å². The molecule has 8 nitrogen and oxygen atoms in total. The van der Waals surface area contributed by atoms with Crippen LogP contribution < -0.4 is 10.8 Å². The van der Waals surface area contributed by atoms with Crippen molar-refractivity contribution in [1.29, 1.82) is 0 Å². The number of rotatable bonds is 8. The van der Waals surface area contributed by atoms with Crippen LogP contribution >= 0.6 is 11.8 Å². The summed E-state index contributed by atoms with van der Waals surface area (Å²) in [5.41, 5.74) is 2.09. The highest BCUT2D eigenvalue weighted by Crippen LogP contribution is 2.28. The maximum Gasteiger partial charge on any atom is 0.412 e. The van der Waals surface area contributed by atoms with Gasteiger partial charge >= 0.3 is 6.09 Å². The van der Waals surface area contributed by atoms with Crippen molar-refractivity contribution in [3.8, 4) is 5.75 Å². The molecule has 10 heteroatoms. The summed E-state index contributed by atoms with van der Waals surface area (Å²) in [4.78, 5) is 24.7. The van der Waals surface area contributed by atoms with Crippen LogP contribution in [-0.2, 0) is 14.3 Å². The summed E-state index contributed by atoms with van der Waals surface area (Å²) in [6, 6.07) is 10.5. The highest BCUT2D eigenvalue weighted by atomic mass is 32.2. The first kappa shape index (κ1) is 23.2. The largest absolute Gasteiger partial charge is 0.505 e. The number of benzene rings is 2. The molecular weight excluding hydrogens is 415 g/mol. The minimum atomic E-state index is -1.17. The number of methoxy groups -OCH3 is 1. The third-order valence-corrected chi connectivity index (χ3v) is 4.73. The van der Waals surface area contributed by atoms with Gasteiger partial charge in [-0.2, -0.15) is 0 Å². The van der Waals surface area contributed by atoms with Crippen molar-refractivity contribution >= 4 is 29.4 Å². The Morgan fingerprint density at radius 2 is 1.90 bits per heavy atom. The number of carbonyl (C=O) groups excluding carboxylic acids is 2. The standard InChI is InChI=1S/C20H21FN2O6S/c1-28-17(9-10-18(25)23-27)19(12-3-8-16(24)15(21)11-12)29-20(26)22-13-4-6-14(30-2)7-5-13/h3-11,17,19,24,27H,1-2H3,(H,22,26)(H,23,25)/b10-9+/t17-,19-/m1/s1. The van der Waals surface area contributed by atoms with Crippen molar-refractivity contribution in [1.82, 2.24) is 5.48 Å². The molecule has 0 spiro atoms. The van der Waals surface area contributed by atoms with Crippen LogP contribution in [0.3, 0.4) is 0 Å². The maximum absolute atomic E-state index is 13.9. The molecule has 30 heavy (non-hydrogen) atoms. The molecule has 0 radical (unpaired) electrons. The molecule has 0 aliphatic heterocycles. The van der Waals surface area contributed by atoms with Crippen molar-refractivity contribution in [3.63, 3.8) is 0 Å². The van der Waals surface area contributed by atoms with Crippen LogP contribution in [0.4, 0.5) is 14.9 Å². The van der Waals surface area contributed by atoms with E-state index in [1.165, 1.54) is 24.7 Å². The normalized spacial score (nSPS) is 12.9. The molecule has 0 saturated carbocycles. The van der Waals surface area contributed by atoms with Crippen molar-refractivity contribution in [3.05, 3.63) is 66.0 Å². The molecule has 2 aromatic rings. The maximum atomic E-state index is 13.9. The third kappa shape index (κ3) is 6.48. The highest BCUT2D eigenvalue weighted by Gasteiger charge is 2.27. The number of amides is 2. The molecule has 0 fully saturated rings. The van der Waals surface area contributed by atoms with E-state index in [1.807, 2.05) is 18.4 Å². The van der Waals surface area contributed by atoms with Crippen molar-refractivity contribution in [2.45, 2.75) is 17.1 Å². The summed E-state index contributed by atoms with van der Waals surface area (Å²) in [6.45, 7) is 0. The first-order chi connectivity index (χ1) is 14.4. The summed E-state index contributed by atoms with van der Waals surface area (Å²) in [5.74, 6) is -2.31. The number of phenols is 1. The molecule has 0 unspecified atom stereocenters. The number of anilines is 1. The van der Waals surface area contributed by atoms with Gasteiger partial charge in [0.2, 0.25) is 0 Å². The minimum absolute atomic E-state index is 0.180. The number of nitrogens with one attached hydrogen (secondary N) is 2. The van der Waals surface area contributed by atoms with Crippen LogP contribution in [-0.4, -0.2) is 41.8 Å². The Kier molecular flexibility index (Phi) is 8.66. The quantitative estimate of drug-likeness (QED) is 0.216. The lowest BCUT2D eigenvalue weighted by atomic mass is 10.0. The topological polar surface area (TPSA) is 117 Å². The molecule has 0 aliphatic carbocycles. The summed E-state index contributed by atoms with van der Waals surface area (Å²) in [7, 11) is 1.30. The SMILES string of the molecule is CO[C@H](/C=C/C(=O)NO)[C@H](OC(=O)Nc1ccc(SC)cc1)c1ccc(O)c(F)c1. The van der Waals surface area contributed by atoms with Crippen molar-refractivity contribution in [2.24, 2.45) is 0 Å². The molecule has 2 rings (SSSR count). The Morgan fingerprint density at radius 3 is 2.47 bits per heavy atom. The Bertz CT molecular complexity index is 907. The number of thioether (sulfide) groups is 1. The summed E-state index contributed by atoms with van der Waals surface area (Å²) in [6.07, 6.45) is 1.12. The van der Waals surface area contributed by atoms with Crippen molar-refractivity contribution in [2.75, 3.05) is 18.7 Å². The fourth-order valence-electron chi connectivity index (χ4n) is 2.48. The Balaban J connectivity index is 2.26. The number of phenolic OH excluding ortho intramolecular Hbond substituents is 1. The predicted molar refractivity (Wildman–Crippen MR) is 109 cm³/mol. The third-order valence-electron chi connectivity index (χ3n) is 3.99. The minimum Gasteiger partial charge on any atom is -0.505 e. The average molecular weight is 436 g/mol. The monoisotopic (exact) mass is 436 g/mol. The van der Waals surface area contributed by atoms with E-state index in [0.29, 0.717) is 5.69 Å². The molecule has 160 valence electrons. The fourth-order valence-corrected chi connectivity index (χ4v) is 2.89. The lowest BCUT2D eigenvalue weighted by Crippen LogP contribution is -2.27. The van der Waals surface area contributed by atoms with Crippen LogP contribution in [0.1, 0.15) is 11.7 Å². The lowest BCUT2D eigenvalue weighted by Gasteiger charge is -2.24. The first-order valence-electron chi connectivity index (χ1n) is 8.63. The van der Waals surface area contributed by atoms with Crippen LogP contribution in [0.2, 0.25) is 0 Å². The Morgan fingerprint density at radius 1 is 1.20 bits per heavy atom. The van der Waals surface area contributed by atoms with E-state index in [1.54, 1.807) is 23.9 Å². The van der Waals surface area contributed by atoms with E-state index < -0.39 is 35.8 Å². The van der Waals surface area contributed by atoms with Gasteiger partial charge < -0.3 is 14.6 Å². The van der Waals surface area contributed by atoms with Gasteiger partial charge in [0.1, 0.15) is 6.10 Å². The van der Waals surface area contributed by atoms with Gasteiger partial charge in [0.25, 0.3) is 5.91 Å². The molecule has 0 aromatic heterocycles. The van der Waals surface area contributed by atoms with Gasteiger partial charge in [0.15, 0.2) is 17.7 Å². The van der Waals surface area contributed by atoms with Gasteiger partial charge in [-0.15, -0.1) is 11.8 Å². The summed E-state index contributed by atoms with van der Waals surface area (Å²) >= 11 is 1.55. The van der Waals surface area contributed by atoms with Gasteiger partial charge in [-0.05, 0) is 54.3 Å². The second-order valence-corrected chi connectivity index (χ2v) is 6.81. The number of hydrogen-bond acceptors (Lipinski definition) is 7. The number of aromatic hydroxyl groups is 1. The van der Waals surface area contributed by atoms with Gasteiger partial charge in [-0.1, -0.05) is 6.07 Å². The van der Waals surface area contributed by atoms with Crippen molar-refractivity contribution < 1.29 is 33.8 Å². The Labute approximate surface area is 176 Å². The number of ether oxygens (including phenoxy) is 2. The first-order valence-corrected chi connectivity index (χ1v) is 9.85. The van der Waals surface area contributed by atoms with Crippen LogP contribution in [0.25, 0.3) is 0 Å². The number of hydroxylamine groups is 1. The molecule has 0 saturated heterocycles. The summed E-state index contributed by atoms with van der Waals surface area (Å²) < 4.78 is 24.6. The van der Waals surface area contributed by atoms with E-state index in [-0.39, 0.29) is 5.56 Å². The molecule has 0 heterocycles. The van der Waals surface area contributed by atoms with E-state index in [0.717, 1.165) is 23.1 Å². The molecule has 2 atom stereocenters. The molecule has 4 N–H and O–H groups in total. The number of hydrogen-bond donors (Lipinski definition) is 4. The van der Waals surface area contributed by atoms with Gasteiger partial charge in [0.05, 0.1) is 0 Å². The highest BCUT2D eigenvalue weighted by molar-refractivity contribution is 7.98. The summed E-state index contributed by atoms with van der Waals surface area (Å²) in [5, 5.41) is 20.6.